The van der Waals surface area contributed by atoms with Crippen LogP contribution in [-0.4, -0.2) is 19.3 Å². The van der Waals surface area contributed by atoms with Crippen molar-refractivity contribution >= 4 is 21.6 Å². The minimum atomic E-state index is 0.481. The zero-order valence-electron chi connectivity index (χ0n) is 7.29. The van der Waals surface area contributed by atoms with Crippen molar-refractivity contribution in [1.82, 2.24) is 0 Å². The molecule has 70 valence electrons. The Labute approximate surface area is 86.4 Å². The second-order valence-electron chi connectivity index (χ2n) is 3.22. The van der Waals surface area contributed by atoms with Crippen molar-refractivity contribution in [3.8, 4) is 0 Å². The van der Waals surface area contributed by atoms with E-state index < -0.39 is 0 Å². The summed E-state index contributed by atoms with van der Waals surface area (Å²) in [5.41, 5.74) is 1.16. The van der Waals surface area contributed by atoms with Crippen LogP contribution in [0, 0.1) is 0 Å². The smallest absolute Gasteiger partial charge is 0.0668 e. The molecule has 1 heterocycles. The van der Waals surface area contributed by atoms with E-state index in [9.17, 15) is 0 Å². The lowest BCUT2D eigenvalue weighted by Gasteiger charge is -2.11. The molecule has 2 rings (SSSR count). The first-order valence-electron chi connectivity index (χ1n) is 4.44. The van der Waals surface area contributed by atoms with E-state index in [1.54, 1.807) is 0 Å². The molecular formula is C10H12BrNO. The Kier molecular flexibility index (Phi) is 2.86. The number of anilines is 1. The van der Waals surface area contributed by atoms with Gasteiger partial charge in [0, 0.05) is 16.8 Å². The summed E-state index contributed by atoms with van der Waals surface area (Å²) in [4.78, 5) is 0. The van der Waals surface area contributed by atoms with Gasteiger partial charge in [0.25, 0.3) is 0 Å². The molecule has 0 aliphatic carbocycles. The van der Waals surface area contributed by atoms with Crippen molar-refractivity contribution < 1.29 is 4.74 Å². The Hall–Kier alpha value is -0.540. The number of rotatable bonds is 2. The monoisotopic (exact) mass is 241 g/mol. The Morgan fingerprint density at radius 1 is 1.46 bits per heavy atom. The van der Waals surface area contributed by atoms with Crippen LogP contribution in [0.2, 0.25) is 0 Å². The zero-order valence-corrected chi connectivity index (χ0v) is 8.88. The first-order valence-corrected chi connectivity index (χ1v) is 5.24. The van der Waals surface area contributed by atoms with Crippen LogP contribution in [0.1, 0.15) is 6.42 Å². The standard InChI is InChI=1S/C10H12BrNO/c11-8-2-1-3-9(6-8)12-10-4-5-13-7-10/h1-3,6,10,12H,4-5,7H2. The van der Waals surface area contributed by atoms with E-state index in [0.717, 1.165) is 29.8 Å². The van der Waals surface area contributed by atoms with Crippen LogP contribution >= 0.6 is 15.9 Å². The highest BCUT2D eigenvalue weighted by Crippen LogP contribution is 2.18. The van der Waals surface area contributed by atoms with Crippen LogP contribution in [0.25, 0.3) is 0 Å². The molecule has 3 heteroatoms. The molecule has 1 aliphatic heterocycles. The van der Waals surface area contributed by atoms with Crippen LogP contribution in [-0.2, 0) is 4.74 Å². The molecule has 1 saturated heterocycles. The Morgan fingerprint density at radius 3 is 3.08 bits per heavy atom. The number of hydrogen-bond acceptors (Lipinski definition) is 2. The van der Waals surface area contributed by atoms with E-state index in [0.29, 0.717) is 6.04 Å². The van der Waals surface area contributed by atoms with E-state index >= 15 is 0 Å². The normalized spacial score (nSPS) is 21.8. The third kappa shape index (κ3) is 2.45. The highest BCUT2D eigenvalue weighted by molar-refractivity contribution is 9.10. The summed E-state index contributed by atoms with van der Waals surface area (Å²) < 4.78 is 6.39. The lowest BCUT2D eigenvalue weighted by molar-refractivity contribution is 0.195. The summed E-state index contributed by atoms with van der Waals surface area (Å²) >= 11 is 3.44. The number of benzene rings is 1. The molecule has 13 heavy (non-hydrogen) atoms. The third-order valence-electron chi connectivity index (χ3n) is 2.13. The lowest BCUT2D eigenvalue weighted by atomic mass is 10.2. The number of hydrogen-bond donors (Lipinski definition) is 1. The zero-order chi connectivity index (χ0) is 9.10. The molecule has 0 bridgehead atoms. The minimum absolute atomic E-state index is 0.481. The number of ether oxygens (including phenoxy) is 1. The summed E-state index contributed by atoms with van der Waals surface area (Å²) in [5, 5.41) is 3.43. The third-order valence-corrected chi connectivity index (χ3v) is 2.62. The first-order chi connectivity index (χ1) is 6.34. The molecule has 1 aromatic rings. The van der Waals surface area contributed by atoms with Gasteiger partial charge in [0.15, 0.2) is 0 Å². The van der Waals surface area contributed by atoms with Gasteiger partial charge in [-0.2, -0.15) is 0 Å². The lowest BCUT2D eigenvalue weighted by Crippen LogP contribution is -2.18. The van der Waals surface area contributed by atoms with Crippen molar-refractivity contribution in [2.45, 2.75) is 12.5 Å². The van der Waals surface area contributed by atoms with Gasteiger partial charge in [0.05, 0.1) is 12.6 Å². The Morgan fingerprint density at radius 2 is 2.38 bits per heavy atom. The van der Waals surface area contributed by atoms with Crippen LogP contribution in [0.5, 0.6) is 0 Å². The SMILES string of the molecule is Brc1cccc(NC2CCOC2)c1. The molecule has 2 nitrogen and oxygen atoms in total. The van der Waals surface area contributed by atoms with E-state index in [4.69, 9.17) is 4.74 Å². The summed E-state index contributed by atoms with van der Waals surface area (Å²) in [7, 11) is 0. The van der Waals surface area contributed by atoms with E-state index in [1.165, 1.54) is 0 Å². The maximum absolute atomic E-state index is 5.29. The van der Waals surface area contributed by atoms with Crippen molar-refractivity contribution in [1.29, 1.82) is 0 Å². The maximum Gasteiger partial charge on any atom is 0.0668 e. The van der Waals surface area contributed by atoms with E-state index in [1.807, 2.05) is 12.1 Å². The molecule has 1 aromatic carbocycles. The van der Waals surface area contributed by atoms with Gasteiger partial charge in [-0.3, -0.25) is 0 Å². The van der Waals surface area contributed by atoms with Crippen molar-refractivity contribution in [2.24, 2.45) is 0 Å². The maximum atomic E-state index is 5.29. The molecule has 1 unspecified atom stereocenters. The first kappa shape index (κ1) is 9.03. The van der Waals surface area contributed by atoms with Crippen LogP contribution in [0.15, 0.2) is 28.7 Å². The largest absolute Gasteiger partial charge is 0.380 e. The Bertz CT molecular complexity index is 284. The fourth-order valence-electron chi connectivity index (χ4n) is 1.46. The van der Waals surface area contributed by atoms with E-state index in [2.05, 4.69) is 33.4 Å². The van der Waals surface area contributed by atoms with Crippen molar-refractivity contribution in [3.63, 3.8) is 0 Å². The topological polar surface area (TPSA) is 21.3 Å². The number of nitrogens with one attached hydrogen (secondary N) is 1. The fourth-order valence-corrected chi connectivity index (χ4v) is 1.86. The van der Waals surface area contributed by atoms with Gasteiger partial charge in [-0.1, -0.05) is 22.0 Å². The molecule has 0 radical (unpaired) electrons. The fraction of sp³-hybridized carbons (Fsp3) is 0.400. The highest BCUT2D eigenvalue weighted by Gasteiger charge is 2.14. The predicted octanol–water partition coefficient (Wildman–Crippen LogP) is 2.65. The molecule has 1 fully saturated rings. The van der Waals surface area contributed by atoms with Crippen LogP contribution in [0.3, 0.4) is 0 Å². The van der Waals surface area contributed by atoms with Gasteiger partial charge in [0.1, 0.15) is 0 Å². The van der Waals surface area contributed by atoms with Gasteiger partial charge >= 0.3 is 0 Å². The van der Waals surface area contributed by atoms with Gasteiger partial charge in [-0.25, -0.2) is 0 Å². The summed E-state index contributed by atoms with van der Waals surface area (Å²) in [6.45, 7) is 1.71. The molecule has 1 N–H and O–H groups in total. The van der Waals surface area contributed by atoms with Crippen molar-refractivity contribution in [2.75, 3.05) is 18.5 Å². The van der Waals surface area contributed by atoms with Gasteiger partial charge < -0.3 is 10.1 Å². The molecule has 0 amide bonds. The molecule has 0 spiro atoms. The van der Waals surface area contributed by atoms with Gasteiger partial charge in [-0.05, 0) is 24.6 Å². The molecule has 0 saturated carbocycles. The van der Waals surface area contributed by atoms with Crippen LogP contribution < -0.4 is 5.32 Å². The molecule has 0 aromatic heterocycles. The number of halogens is 1. The average molecular weight is 242 g/mol. The summed E-state index contributed by atoms with van der Waals surface area (Å²) in [6.07, 6.45) is 1.10. The van der Waals surface area contributed by atoms with Crippen molar-refractivity contribution in [3.05, 3.63) is 28.7 Å². The minimum Gasteiger partial charge on any atom is -0.380 e. The summed E-state index contributed by atoms with van der Waals surface area (Å²) in [6, 6.07) is 8.69. The second-order valence-corrected chi connectivity index (χ2v) is 4.13. The van der Waals surface area contributed by atoms with E-state index in [-0.39, 0.29) is 0 Å². The molecular weight excluding hydrogens is 230 g/mol. The Balaban J connectivity index is 2.00. The molecule has 1 aliphatic rings. The van der Waals surface area contributed by atoms with Gasteiger partial charge in [0.2, 0.25) is 0 Å². The summed E-state index contributed by atoms with van der Waals surface area (Å²) in [5.74, 6) is 0. The van der Waals surface area contributed by atoms with Crippen LogP contribution in [0.4, 0.5) is 5.69 Å². The highest BCUT2D eigenvalue weighted by atomic mass is 79.9. The predicted molar refractivity (Wildman–Crippen MR) is 57.0 cm³/mol. The quantitative estimate of drug-likeness (QED) is 0.860. The average Bonchev–Trinajstić information content (AvgIpc) is 2.57. The van der Waals surface area contributed by atoms with Gasteiger partial charge in [-0.15, -0.1) is 0 Å². The second kappa shape index (κ2) is 4.11. The molecule has 1 atom stereocenters.